The first kappa shape index (κ1) is 12.0. The molecule has 18 heavy (non-hydrogen) atoms. The van der Waals surface area contributed by atoms with Gasteiger partial charge >= 0.3 is 0 Å². The van der Waals surface area contributed by atoms with E-state index in [0.717, 1.165) is 24.9 Å². The summed E-state index contributed by atoms with van der Waals surface area (Å²) in [7, 11) is 0. The Morgan fingerprint density at radius 2 is 2.11 bits per heavy atom. The minimum absolute atomic E-state index is 0.195. The topological polar surface area (TPSA) is 45.1 Å². The lowest BCUT2D eigenvalue weighted by molar-refractivity contribution is -0.0835. The van der Waals surface area contributed by atoms with Crippen LogP contribution in [0.3, 0.4) is 0 Å². The third kappa shape index (κ3) is 2.12. The van der Waals surface area contributed by atoms with Gasteiger partial charge in [0.2, 0.25) is 0 Å². The minimum Gasteiger partial charge on any atom is -0.387 e. The Bertz CT molecular complexity index is 393. The lowest BCUT2D eigenvalue weighted by atomic mass is 9.65. The third-order valence-electron chi connectivity index (χ3n) is 4.74. The molecule has 2 aliphatic carbocycles. The fourth-order valence-corrected chi connectivity index (χ4v) is 3.77. The van der Waals surface area contributed by atoms with Crippen LogP contribution in [0.2, 0.25) is 0 Å². The molecule has 98 valence electrons. The van der Waals surface area contributed by atoms with Gasteiger partial charge in [-0.3, -0.25) is 4.98 Å². The van der Waals surface area contributed by atoms with E-state index in [-0.39, 0.29) is 6.04 Å². The number of fused-ring (bicyclic) bond motifs is 1. The van der Waals surface area contributed by atoms with Crippen molar-refractivity contribution in [2.24, 2.45) is 5.92 Å². The Morgan fingerprint density at radius 1 is 1.22 bits per heavy atom. The van der Waals surface area contributed by atoms with Crippen LogP contribution in [-0.2, 0) is 0 Å². The molecule has 1 aromatic heterocycles. The Hall–Kier alpha value is -1.09. The van der Waals surface area contributed by atoms with Crippen LogP contribution in [-0.4, -0.2) is 21.7 Å². The lowest BCUT2D eigenvalue weighted by Gasteiger charge is -2.49. The Morgan fingerprint density at radius 3 is 2.94 bits per heavy atom. The van der Waals surface area contributed by atoms with E-state index in [1.807, 2.05) is 18.3 Å². The van der Waals surface area contributed by atoms with Gasteiger partial charge in [0.1, 0.15) is 0 Å². The van der Waals surface area contributed by atoms with Crippen molar-refractivity contribution in [3.63, 3.8) is 0 Å². The van der Waals surface area contributed by atoms with E-state index in [4.69, 9.17) is 0 Å². The van der Waals surface area contributed by atoms with Gasteiger partial charge in [-0.1, -0.05) is 19.3 Å². The van der Waals surface area contributed by atoms with E-state index in [0.29, 0.717) is 5.92 Å². The first-order chi connectivity index (χ1) is 8.79. The molecule has 3 unspecified atom stereocenters. The van der Waals surface area contributed by atoms with Crippen LogP contribution in [0.4, 0.5) is 5.69 Å². The summed E-state index contributed by atoms with van der Waals surface area (Å²) in [6.45, 7) is 0. The molecule has 1 aromatic rings. The largest absolute Gasteiger partial charge is 0.387 e. The highest BCUT2D eigenvalue weighted by Gasteiger charge is 2.47. The number of nitrogens with one attached hydrogen (secondary N) is 1. The predicted molar refractivity (Wildman–Crippen MR) is 72.4 cm³/mol. The second kappa shape index (κ2) is 4.88. The van der Waals surface area contributed by atoms with Gasteiger partial charge in [0.15, 0.2) is 0 Å². The summed E-state index contributed by atoms with van der Waals surface area (Å²) >= 11 is 0. The van der Waals surface area contributed by atoms with Gasteiger partial charge in [-0.2, -0.15) is 0 Å². The van der Waals surface area contributed by atoms with Crippen molar-refractivity contribution in [1.29, 1.82) is 0 Å². The molecule has 0 saturated heterocycles. The SMILES string of the molecule is OC12CCCCC1CCCC2Nc1cccnc1. The molecule has 3 atom stereocenters. The summed E-state index contributed by atoms with van der Waals surface area (Å²) in [6.07, 6.45) is 11.7. The van der Waals surface area contributed by atoms with Crippen LogP contribution in [0.25, 0.3) is 0 Å². The van der Waals surface area contributed by atoms with Crippen LogP contribution in [0.5, 0.6) is 0 Å². The molecule has 0 amide bonds. The second-order valence-corrected chi connectivity index (χ2v) is 5.80. The number of pyridine rings is 1. The molecule has 3 nitrogen and oxygen atoms in total. The number of aromatic nitrogens is 1. The number of rotatable bonds is 2. The smallest absolute Gasteiger partial charge is 0.0875 e. The standard InChI is InChI=1S/C15H22N2O/c18-15-9-2-1-5-12(15)6-3-8-14(15)17-13-7-4-10-16-11-13/h4,7,10-12,14,17-18H,1-3,5-6,8-9H2. The number of hydrogen-bond donors (Lipinski definition) is 2. The Balaban J connectivity index is 1.78. The Labute approximate surface area is 109 Å². The van der Waals surface area contributed by atoms with E-state index >= 15 is 0 Å². The molecular formula is C15H22N2O. The van der Waals surface area contributed by atoms with Crippen molar-refractivity contribution < 1.29 is 5.11 Å². The van der Waals surface area contributed by atoms with Crippen LogP contribution in [0.1, 0.15) is 44.9 Å². The predicted octanol–water partition coefficient (Wildman–Crippen LogP) is 2.97. The molecule has 2 N–H and O–H groups in total. The van der Waals surface area contributed by atoms with Crippen molar-refractivity contribution in [2.45, 2.75) is 56.6 Å². The quantitative estimate of drug-likeness (QED) is 0.843. The van der Waals surface area contributed by atoms with Gasteiger partial charge < -0.3 is 10.4 Å². The van der Waals surface area contributed by atoms with Crippen LogP contribution in [0, 0.1) is 5.92 Å². The highest BCUT2D eigenvalue weighted by atomic mass is 16.3. The first-order valence-corrected chi connectivity index (χ1v) is 7.18. The molecule has 2 fully saturated rings. The van der Waals surface area contributed by atoms with Gasteiger partial charge in [0.25, 0.3) is 0 Å². The summed E-state index contributed by atoms with van der Waals surface area (Å²) in [5.41, 5.74) is 0.536. The zero-order valence-electron chi connectivity index (χ0n) is 10.8. The molecule has 3 heteroatoms. The molecule has 1 heterocycles. The molecule has 0 spiro atoms. The Kier molecular flexibility index (Phi) is 3.25. The highest BCUT2D eigenvalue weighted by Crippen LogP contribution is 2.44. The van der Waals surface area contributed by atoms with E-state index in [2.05, 4.69) is 10.3 Å². The maximum atomic E-state index is 11.0. The molecule has 2 aliphatic rings. The number of hydrogen-bond acceptors (Lipinski definition) is 3. The van der Waals surface area contributed by atoms with Gasteiger partial charge in [0.05, 0.1) is 17.3 Å². The van der Waals surface area contributed by atoms with Gasteiger partial charge in [-0.15, -0.1) is 0 Å². The number of aliphatic hydroxyl groups is 1. The summed E-state index contributed by atoms with van der Waals surface area (Å²) in [5, 5.41) is 14.5. The molecule has 0 bridgehead atoms. The van der Waals surface area contributed by atoms with Crippen molar-refractivity contribution in [1.82, 2.24) is 4.98 Å². The summed E-state index contributed by atoms with van der Waals surface area (Å²) in [5.74, 6) is 0.495. The minimum atomic E-state index is -0.494. The third-order valence-corrected chi connectivity index (χ3v) is 4.74. The summed E-state index contributed by atoms with van der Waals surface area (Å²) < 4.78 is 0. The number of anilines is 1. The first-order valence-electron chi connectivity index (χ1n) is 7.18. The van der Waals surface area contributed by atoms with Crippen molar-refractivity contribution in [3.8, 4) is 0 Å². The van der Waals surface area contributed by atoms with E-state index < -0.39 is 5.60 Å². The second-order valence-electron chi connectivity index (χ2n) is 5.80. The zero-order chi connectivity index (χ0) is 12.4. The van der Waals surface area contributed by atoms with Gasteiger partial charge in [-0.05, 0) is 43.7 Å². The van der Waals surface area contributed by atoms with Crippen molar-refractivity contribution >= 4 is 5.69 Å². The molecule has 3 rings (SSSR count). The highest BCUT2D eigenvalue weighted by molar-refractivity contribution is 5.42. The number of nitrogens with zero attached hydrogens (tertiary/aromatic N) is 1. The maximum Gasteiger partial charge on any atom is 0.0875 e. The van der Waals surface area contributed by atoms with Crippen LogP contribution < -0.4 is 5.32 Å². The van der Waals surface area contributed by atoms with Gasteiger partial charge in [-0.25, -0.2) is 0 Å². The van der Waals surface area contributed by atoms with E-state index in [1.165, 1.54) is 25.7 Å². The average molecular weight is 246 g/mol. The fraction of sp³-hybridized carbons (Fsp3) is 0.667. The van der Waals surface area contributed by atoms with E-state index in [1.54, 1.807) is 6.20 Å². The molecule has 0 aromatic carbocycles. The molecular weight excluding hydrogens is 224 g/mol. The lowest BCUT2D eigenvalue weighted by Crippen LogP contribution is -2.56. The normalized spacial score (nSPS) is 35.8. The monoisotopic (exact) mass is 246 g/mol. The molecule has 2 saturated carbocycles. The molecule has 0 radical (unpaired) electrons. The van der Waals surface area contributed by atoms with Crippen molar-refractivity contribution in [3.05, 3.63) is 24.5 Å². The van der Waals surface area contributed by atoms with Gasteiger partial charge in [0, 0.05) is 12.4 Å². The van der Waals surface area contributed by atoms with Crippen LogP contribution >= 0.6 is 0 Å². The average Bonchev–Trinajstić information content (AvgIpc) is 2.41. The molecule has 0 aliphatic heterocycles. The maximum absolute atomic E-state index is 11.0. The van der Waals surface area contributed by atoms with E-state index in [9.17, 15) is 5.11 Å². The summed E-state index contributed by atoms with van der Waals surface area (Å²) in [6, 6.07) is 4.16. The fourth-order valence-electron chi connectivity index (χ4n) is 3.77. The zero-order valence-corrected chi connectivity index (χ0v) is 10.8. The summed E-state index contributed by atoms with van der Waals surface area (Å²) in [4.78, 5) is 4.13. The van der Waals surface area contributed by atoms with Crippen molar-refractivity contribution in [2.75, 3.05) is 5.32 Å². The van der Waals surface area contributed by atoms with Crippen LogP contribution in [0.15, 0.2) is 24.5 Å².